The van der Waals surface area contributed by atoms with Gasteiger partial charge in [0.25, 0.3) is 0 Å². The third kappa shape index (κ3) is 4.32. The van der Waals surface area contributed by atoms with Gasteiger partial charge in [-0.15, -0.1) is 0 Å². The van der Waals surface area contributed by atoms with E-state index in [9.17, 15) is 5.11 Å². The molecule has 1 aromatic rings. The second-order valence-electron chi connectivity index (χ2n) is 6.42. The number of benzene rings is 1. The number of unbranched alkanes of at least 4 members (excludes halogenated alkanes) is 1. The molecule has 1 atom stereocenters. The fraction of sp³-hybridized carbons (Fsp3) is 0.667. The smallest absolute Gasteiger partial charge is 0.0917 e. The summed E-state index contributed by atoms with van der Waals surface area (Å²) in [5.41, 5.74) is 2.39. The fourth-order valence-electron chi connectivity index (χ4n) is 2.65. The average molecular weight is 275 g/mol. The summed E-state index contributed by atoms with van der Waals surface area (Å²) in [5.74, 6) is 0.550. The first-order chi connectivity index (χ1) is 9.61. The van der Waals surface area contributed by atoms with Crippen LogP contribution in [0.15, 0.2) is 24.3 Å². The van der Waals surface area contributed by atoms with Gasteiger partial charge in [0.05, 0.1) is 6.10 Å². The molecular weight excluding hydrogens is 246 g/mol. The van der Waals surface area contributed by atoms with Crippen LogP contribution >= 0.6 is 0 Å². The Bertz CT molecular complexity index is 394. The molecule has 20 heavy (non-hydrogen) atoms. The zero-order valence-electron chi connectivity index (χ0n) is 13.2. The number of hydrogen-bond acceptors (Lipinski definition) is 2. The largest absolute Gasteiger partial charge is 0.387 e. The van der Waals surface area contributed by atoms with Gasteiger partial charge in [0.1, 0.15) is 0 Å². The predicted molar refractivity (Wildman–Crippen MR) is 85.0 cm³/mol. The number of rotatable bonds is 8. The van der Waals surface area contributed by atoms with Crippen molar-refractivity contribution in [3.8, 4) is 0 Å². The summed E-state index contributed by atoms with van der Waals surface area (Å²) in [7, 11) is 0. The van der Waals surface area contributed by atoms with E-state index in [4.69, 9.17) is 0 Å². The Morgan fingerprint density at radius 2 is 1.75 bits per heavy atom. The highest BCUT2D eigenvalue weighted by Crippen LogP contribution is 2.29. The summed E-state index contributed by atoms with van der Waals surface area (Å²) < 4.78 is 0. The van der Waals surface area contributed by atoms with Crippen molar-refractivity contribution in [3.05, 3.63) is 35.4 Å². The summed E-state index contributed by atoms with van der Waals surface area (Å²) >= 11 is 0. The van der Waals surface area contributed by atoms with E-state index in [1.165, 1.54) is 31.2 Å². The second-order valence-corrected chi connectivity index (χ2v) is 6.42. The van der Waals surface area contributed by atoms with Crippen molar-refractivity contribution in [1.82, 2.24) is 4.90 Å². The summed E-state index contributed by atoms with van der Waals surface area (Å²) in [4.78, 5) is 2.48. The van der Waals surface area contributed by atoms with Crippen LogP contribution in [0, 0.1) is 0 Å². The topological polar surface area (TPSA) is 23.5 Å². The Hall–Kier alpha value is -0.860. The third-order valence-corrected chi connectivity index (χ3v) is 4.26. The highest BCUT2D eigenvalue weighted by Gasteiger charge is 2.29. The Kier molecular flexibility index (Phi) is 5.62. The van der Waals surface area contributed by atoms with Crippen molar-refractivity contribution in [2.45, 2.75) is 64.5 Å². The van der Waals surface area contributed by atoms with Crippen LogP contribution in [0.1, 0.15) is 69.6 Å². The van der Waals surface area contributed by atoms with Crippen molar-refractivity contribution >= 4 is 0 Å². The highest BCUT2D eigenvalue weighted by molar-refractivity contribution is 5.26. The molecule has 1 fully saturated rings. The molecular formula is C18H29NO. The molecule has 112 valence electrons. The van der Waals surface area contributed by atoms with Crippen LogP contribution in [0.2, 0.25) is 0 Å². The SMILES string of the molecule is CCCCN(CC(O)c1ccc(C(C)C)cc1)C1CC1. The van der Waals surface area contributed by atoms with E-state index < -0.39 is 0 Å². The molecule has 2 heteroatoms. The first-order valence-corrected chi connectivity index (χ1v) is 8.13. The molecule has 0 heterocycles. The fourth-order valence-corrected chi connectivity index (χ4v) is 2.65. The van der Waals surface area contributed by atoms with Gasteiger partial charge in [0.15, 0.2) is 0 Å². The number of hydrogen-bond donors (Lipinski definition) is 1. The Morgan fingerprint density at radius 3 is 2.25 bits per heavy atom. The predicted octanol–water partition coefficient (Wildman–Crippen LogP) is 4.11. The summed E-state index contributed by atoms with van der Waals surface area (Å²) in [5, 5.41) is 10.5. The van der Waals surface area contributed by atoms with Gasteiger partial charge in [-0.3, -0.25) is 4.90 Å². The van der Waals surface area contributed by atoms with Crippen molar-refractivity contribution in [3.63, 3.8) is 0 Å². The molecule has 0 saturated heterocycles. The molecule has 0 amide bonds. The molecule has 1 N–H and O–H groups in total. The lowest BCUT2D eigenvalue weighted by Gasteiger charge is -2.25. The Balaban J connectivity index is 1.93. The van der Waals surface area contributed by atoms with E-state index in [2.05, 4.69) is 49.9 Å². The molecule has 0 aliphatic heterocycles. The van der Waals surface area contributed by atoms with Gasteiger partial charge < -0.3 is 5.11 Å². The van der Waals surface area contributed by atoms with E-state index in [-0.39, 0.29) is 6.10 Å². The van der Waals surface area contributed by atoms with Crippen molar-refractivity contribution in [1.29, 1.82) is 0 Å². The third-order valence-electron chi connectivity index (χ3n) is 4.26. The van der Waals surface area contributed by atoms with Crippen LogP contribution in [0.25, 0.3) is 0 Å². The monoisotopic (exact) mass is 275 g/mol. The van der Waals surface area contributed by atoms with Gasteiger partial charge in [0.2, 0.25) is 0 Å². The zero-order chi connectivity index (χ0) is 14.5. The van der Waals surface area contributed by atoms with E-state index in [0.29, 0.717) is 5.92 Å². The molecule has 1 aliphatic carbocycles. The normalized spacial score (nSPS) is 16.9. The quantitative estimate of drug-likeness (QED) is 0.772. The lowest BCUT2D eigenvalue weighted by atomic mass is 10.00. The number of aliphatic hydroxyl groups is 1. The molecule has 1 saturated carbocycles. The molecule has 1 aromatic carbocycles. The molecule has 2 rings (SSSR count). The van der Waals surface area contributed by atoms with Gasteiger partial charge in [-0.25, -0.2) is 0 Å². The highest BCUT2D eigenvalue weighted by atomic mass is 16.3. The van der Waals surface area contributed by atoms with Crippen molar-refractivity contribution < 1.29 is 5.11 Å². The van der Waals surface area contributed by atoms with Gasteiger partial charge >= 0.3 is 0 Å². The summed E-state index contributed by atoms with van der Waals surface area (Å²) in [6.45, 7) is 8.54. The average Bonchev–Trinajstić information content (AvgIpc) is 3.27. The molecule has 0 spiro atoms. The van der Waals surface area contributed by atoms with Gasteiger partial charge in [0, 0.05) is 12.6 Å². The molecule has 0 aromatic heterocycles. The summed E-state index contributed by atoms with van der Waals surface area (Å²) in [6, 6.07) is 9.20. The van der Waals surface area contributed by atoms with Crippen molar-refractivity contribution in [2.75, 3.05) is 13.1 Å². The van der Waals surface area contributed by atoms with E-state index in [0.717, 1.165) is 24.7 Å². The molecule has 0 radical (unpaired) electrons. The maximum atomic E-state index is 10.5. The van der Waals surface area contributed by atoms with Gasteiger partial charge in [-0.05, 0) is 42.9 Å². The molecule has 1 aliphatic rings. The van der Waals surface area contributed by atoms with Gasteiger partial charge in [-0.2, -0.15) is 0 Å². The van der Waals surface area contributed by atoms with Crippen LogP contribution in [0.3, 0.4) is 0 Å². The van der Waals surface area contributed by atoms with Crippen LogP contribution in [-0.2, 0) is 0 Å². The molecule has 0 bridgehead atoms. The standard InChI is InChI=1S/C18H29NO/c1-4-5-12-19(17-10-11-17)13-18(20)16-8-6-15(7-9-16)14(2)3/h6-9,14,17-18,20H,4-5,10-13H2,1-3H3. The molecule has 2 nitrogen and oxygen atoms in total. The minimum Gasteiger partial charge on any atom is -0.387 e. The second kappa shape index (κ2) is 7.24. The maximum absolute atomic E-state index is 10.5. The Morgan fingerprint density at radius 1 is 1.15 bits per heavy atom. The van der Waals surface area contributed by atoms with E-state index >= 15 is 0 Å². The lowest BCUT2D eigenvalue weighted by Crippen LogP contribution is -2.31. The summed E-state index contributed by atoms with van der Waals surface area (Å²) in [6.07, 6.45) is 4.72. The van der Waals surface area contributed by atoms with Gasteiger partial charge in [-0.1, -0.05) is 51.5 Å². The van der Waals surface area contributed by atoms with Crippen molar-refractivity contribution in [2.24, 2.45) is 0 Å². The van der Waals surface area contributed by atoms with Crippen LogP contribution in [0.5, 0.6) is 0 Å². The maximum Gasteiger partial charge on any atom is 0.0917 e. The zero-order valence-corrected chi connectivity index (χ0v) is 13.2. The van der Waals surface area contributed by atoms with E-state index in [1.807, 2.05) is 0 Å². The minimum atomic E-state index is -0.353. The first kappa shape index (κ1) is 15.5. The Labute approximate surface area is 123 Å². The first-order valence-electron chi connectivity index (χ1n) is 8.13. The molecule has 1 unspecified atom stereocenters. The minimum absolute atomic E-state index is 0.353. The van der Waals surface area contributed by atoms with Crippen LogP contribution < -0.4 is 0 Å². The van der Waals surface area contributed by atoms with Crippen LogP contribution in [-0.4, -0.2) is 29.1 Å². The van der Waals surface area contributed by atoms with Crippen LogP contribution in [0.4, 0.5) is 0 Å². The number of nitrogens with zero attached hydrogens (tertiary/aromatic N) is 1. The number of aliphatic hydroxyl groups excluding tert-OH is 1. The lowest BCUT2D eigenvalue weighted by molar-refractivity contribution is 0.107. The van der Waals surface area contributed by atoms with E-state index in [1.54, 1.807) is 0 Å².